The first-order valence-corrected chi connectivity index (χ1v) is 6.30. The maximum Gasteiger partial charge on any atom is 0.166 e. The van der Waals surface area contributed by atoms with Gasteiger partial charge in [0.1, 0.15) is 11.9 Å². The Labute approximate surface area is 121 Å². The minimum Gasteiger partial charge on any atom is -0.493 e. The molecule has 0 heterocycles. The van der Waals surface area contributed by atoms with E-state index in [1.807, 2.05) is 0 Å². The molecule has 0 fully saturated rings. The number of aliphatic hydroxyl groups is 1. The van der Waals surface area contributed by atoms with E-state index in [1.165, 1.54) is 26.4 Å². The first-order valence-electron chi connectivity index (χ1n) is 5.92. The highest BCUT2D eigenvalue weighted by molar-refractivity contribution is 6.30. The molecule has 5 heteroatoms. The standard InChI is InChI=1S/C15H14ClFO3/c1-19-13-5-3-4-11(15(13)20-2)14(18)10-7-6-9(16)8-12(10)17/h3-8,14,18H,1-2H3. The van der Waals surface area contributed by atoms with Crippen molar-refractivity contribution in [2.24, 2.45) is 0 Å². The van der Waals surface area contributed by atoms with Gasteiger partial charge in [0.05, 0.1) is 14.2 Å². The lowest BCUT2D eigenvalue weighted by Gasteiger charge is -2.17. The minimum absolute atomic E-state index is 0.126. The summed E-state index contributed by atoms with van der Waals surface area (Å²) in [6.07, 6.45) is -1.17. The van der Waals surface area contributed by atoms with Gasteiger partial charge in [0, 0.05) is 16.1 Å². The Balaban J connectivity index is 2.50. The first-order chi connectivity index (χ1) is 9.58. The van der Waals surface area contributed by atoms with Gasteiger partial charge >= 0.3 is 0 Å². The summed E-state index contributed by atoms with van der Waals surface area (Å²) in [7, 11) is 2.96. The molecule has 0 aliphatic rings. The zero-order valence-electron chi connectivity index (χ0n) is 11.1. The van der Waals surface area contributed by atoms with Gasteiger partial charge in [0.15, 0.2) is 11.5 Å². The van der Waals surface area contributed by atoms with Crippen molar-refractivity contribution in [3.63, 3.8) is 0 Å². The van der Waals surface area contributed by atoms with Crippen LogP contribution in [0.2, 0.25) is 5.02 Å². The Morgan fingerprint density at radius 1 is 1.10 bits per heavy atom. The average molecular weight is 297 g/mol. The van der Waals surface area contributed by atoms with Gasteiger partial charge in [-0.1, -0.05) is 29.8 Å². The molecular formula is C15H14ClFO3. The molecule has 0 spiro atoms. The van der Waals surface area contributed by atoms with Gasteiger partial charge < -0.3 is 14.6 Å². The normalized spacial score (nSPS) is 12.1. The van der Waals surface area contributed by atoms with Crippen LogP contribution in [0.15, 0.2) is 36.4 Å². The Kier molecular flexibility index (Phi) is 4.47. The first kappa shape index (κ1) is 14.6. The van der Waals surface area contributed by atoms with Gasteiger partial charge in [-0.05, 0) is 18.2 Å². The Morgan fingerprint density at radius 3 is 2.45 bits per heavy atom. The zero-order valence-corrected chi connectivity index (χ0v) is 11.8. The van der Waals surface area contributed by atoms with Crippen LogP contribution in [0.25, 0.3) is 0 Å². The summed E-state index contributed by atoms with van der Waals surface area (Å²) < 4.78 is 24.3. The number of para-hydroxylation sites is 1. The van der Waals surface area contributed by atoms with Gasteiger partial charge in [-0.2, -0.15) is 0 Å². The molecule has 0 aliphatic heterocycles. The van der Waals surface area contributed by atoms with E-state index in [9.17, 15) is 9.50 Å². The second-order valence-electron chi connectivity index (χ2n) is 4.15. The third kappa shape index (κ3) is 2.71. The van der Waals surface area contributed by atoms with Gasteiger partial charge in [0.25, 0.3) is 0 Å². The Bertz CT molecular complexity index is 616. The van der Waals surface area contributed by atoms with Gasteiger partial charge in [-0.15, -0.1) is 0 Å². The van der Waals surface area contributed by atoms with Crippen LogP contribution in [0, 0.1) is 5.82 Å². The summed E-state index contributed by atoms with van der Waals surface area (Å²) in [6, 6.07) is 9.19. The Hall–Kier alpha value is -1.78. The van der Waals surface area contributed by atoms with Crippen LogP contribution >= 0.6 is 11.6 Å². The van der Waals surface area contributed by atoms with Crippen LogP contribution in [-0.2, 0) is 0 Å². The van der Waals surface area contributed by atoms with E-state index < -0.39 is 11.9 Å². The van der Waals surface area contributed by atoms with E-state index in [1.54, 1.807) is 18.2 Å². The van der Waals surface area contributed by atoms with Crippen LogP contribution in [-0.4, -0.2) is 19.3 Å². The lowest BCUT2D eigenvalue weighted by Crippen LogP contribution is -2.05. The molecule has 0 aromatic heterocycles. The van der Waals surface area contributed by atoms with Crippen LogP contribution in [0.3, 0.4) is 0 Å². The fourth-order valence-electron chi connectivity index (χ4n) is 2.02. The number of rotatable bonds is 4. The fourth-order valence-corrected chi connectivity index (χ4v) is 2.18. The molecule has 3 nitrogen and oxygen atoms in total. The van der Waals surface area contributed by atoms with Crippen molar-refractivity contribution in [3.8, 4) is 11.5 Å². The number of hydrogen-bond donors (Lipinski definition) is 1. The van der Waals surface area contributed by atoms with Crippen molar-refractivity contribution in [1.82, 2.24) is 0 Å². The van der Waals surface area contributed by atoms with E-state index in [2.05, 4.69) is 0 Å². The molecule has 2 aromatic rings. The molecule has 106 valence electrons. The van der Waals surface area contributed by atoms with Crippen molar-refractivity contribution < 1.29 is 19.0 Å². The van der Waals surface area contributed by atoms with Crippen LogP contribution in [0.5, 0.6) is 11.5 Å². The summed E-state index contributed by atoms with van der Waals surface area (Å²) in [6.45, 7) is 0. The largest absolute Gasteiger partial charge is 0.493 e. The summed E-state index contributed by atoms with van der Waals surface area (Å²) in [5.41, 5.74) is 0.550. The molecule has 0 saturated heterocycles. The highest BCUT2D eigenvalue weighted by Gasteiger charge is 2.21. The van der Waals surface area contributed by atoms with Gasteiger partial charge in [-0.3, -0.25) is 0 Å². The third-order valence-corrected chi connectivity index (χ3v) is 3.22. The summed E-state index contributed by atoms with van der Waals surface area (Å²) in [5, 5.41) is 10.7. The molecule has 1 unspecified atom stereocenters. The number of ether oxygens (including phenoxy) is 2. The van der Waals surface area contributed by atoms with Crippen LogP contribution in [0.4, 0.5) is 4.39 Å². The predicted octanol–water partition coefficient (Wildman–Crippen LogP) is 3.58. The molecule has 0 amide bonds. The maximum atomic E-state index is 13.9. The zero-order chi connectivity index (χ0) is 14.7. The molecular weight excluding hydrogens is 283 g/mol. The molecule has 2 rings (SSSR count). The SMILES string of the molecule is COc1cccc(C(O)c2ccc(Cl)cc2F)c1OC. The second kappa shape index (κ2) is 6.11. The third-order valence-electron chi connectivity index (χ3n) is 2.99. The number of methoxy groups -OCH3 is 2. The highest BCUT2D eigenvalue weighted by Crippen LogP contribution is 2.37. The fraction of sp³-hybridized carbons (Fsp3) is 0.200. The van der Waals surface area contributed by atoms with Crippen LogP contribution < -0.4 is 9.47 Å². The molecule has 1 atom stereocenters. The van der Waals surface area contributed by atoms with Crippen molar-refractivity contribution >= 4 is 11.6 Å². The number of halogens is 2. The van der Waals surface area contributed by atoms with E-state index in [-0.39, 0.29) is 10.6 Å². The van der Waals surface area contributed by atoms with Crippen molar-refractivity contribution in [2.75, 3.05) is 14.2 Å². The quantitative estimate of drug-likeness (QED) is 0.937. The smallest absolute Gasteiger partial charge is 0.166 e. The lowest BCUT2D eigenvalue weighted by molar-refractivity contribution is 0.208. The summed E-state index contributed by atoms with van der Waals surface area (Å²) in [4.78, 5) is 0. The number of hydrogen-bond acceptors (Lipinski definition) is 3. The maximum absolute atomic E-state index is 13.9. The highest BCUT2D eigenvalue weighted by atomic mass is 35.5. The minimum atomic E-state index is -1.17. The van der Waals surface area contributed by atoms with Gasteiger partial charge in [0.2, 0.25) is 0 Å². The van der Waals surface area contributed by atoms with E-state index in [0.29, 0.717) is 17.1 Å². The number of aliphatic hydroxyl groups excluding tert-OH is 1. The van der Waals surface area contributed by atoms with E-state index >= 15 is 0 Å². The lowest BCUT2D eigenvalue weighted by atomic mass is 10.00. The summed E-state index contributed by atoms with van der Waals surface area (Å²) >= 11 is 5.71. The second-order valence-corrected chi connectivity index (χ2v) is 4.59. The molecule has 20 heavy (non-hydrogen) atoms. The topological polar surface area (TPSA) is 38.7 Å². The van der Waals surface area contributed by atoms with Crippen molar-refractivity contribution in [3.05, 3.63) is 58.4 Å². The molecule has 1 N–H and O–H groups in total. The van der Waals surface area contributed by atoms with Gasteiger partial charge in [-0.25, -0.2) is 4.39 Å². The molecule has 0 saturated carbocycles. The van der Waals surface area contributed by atoms with Crippen molar-refractivity contribution in [2.45, 2.75) is 6.10 Å². The molecule has 0 radical (unpaired) electrons. The Morgan fingerprint density at radius 2 is 1.85 bits per heavy atom. The van der Waals surface area contributed by atoms with Crippen molar-refractivity contribution in [1.29, 1.82) is 0 Å². The molecule has 0 bridgehead atoms. The molecule has 0 aliphatic carbocycles. The average Bonchev–Trinajstić information content (AvgIpc) is 2.45. The molecule has 2 aromatic carbocycles. The predicted molar refractivity (Wildman–Crippen MR) is 75.0 cm³/mol. The van der Waals surface area contributed by atoms with E-state index in [0.717, 1.165) is 6.07 Å². The number of benzene rings is 2. The van der Waals surface area contributed by atoms with E-state index in [4.69, 9.17) is 21.1 Å². The monoisotopic (exact) mass is 296 g/mol. The summed E-state index contributed by atoms with van der Waals surface area (Å²) in [5.74, 6) is 0.269. The van der Waals surface area contributed by atoms with Crippen LogP contribution in [0.1, 0.15) is 17.2 Å².